The first kappa shape index (κ1) is 20.7. The quantitative estimate of drug-likeness (QED) is 0.627. The van der Waals surface area contributed by atoms with E-state index in [1.54, 1.807) is 0 Å². The molecule has 2 atom stereocenters. The number of hydrogen-bond donors (Lipinski definition) is 0. The minimum atomic E-state index is -0.346. The van der Waals surface area contributed by atoms with Crippen LogP contribution in [0.5, 0.6) is 5.75 Å². The fourth-order valence-electron chi connectivity index (χ4n) is 3.74. The first-order chi connectivity index (χ1) is 13.1. The van der Waals surface area contributed by atoms with Crippen molar-refractivity contribution < 1.29 is 4.74 Å². The summed E-state index contributed by atoms with van der Waals surface area (Å²) in [6.07, 6.45) is 0. The Morgan fingerprint density at radius 2 is 1.79 bits per heavy atom. The van der Waals surface area contributed by atoms with E-state index < -0.39 is 0 Å². The summed E-state index contributed by atoms with van der Waals surface area (Å²) in [5.41, 5.74) is 3.19. The predicted molar refractivity (Wildman–Crippen MR) is 119 cm³/mol. The van der Waals surface area contributed by atoms with Crippen LogP contribution in [0.2, 0.25) is 5.02 Å². The molecular weight excluding hydrogens is 368 g/mol. The molecule has 4 heteroatoms. The Morgan fingerprint density at radius 1 is 1.14 bits per heavy atom. The van der Waals surface area contributed by atoms with Crippen LogP contribution in [0.3, 0.4) is 0 Å². The molecule has 2 aromatic carbocycles. The molecule has 0 aromatic heterocycles. The van der Waals surface area contributed by atoms with Crippen LogP contribution in [0.4, 0.5) is 0 Å². The molecule has 1 aliphatic heterocycles. The van der Waals surface area contributed by atoms with Gasteiger partial charge in [0, 0.05) is 12.1 Å². The molecule has 0 fully saturated rings. The van der Waals surface area contributed by atoms with E-state index in [1.165, 1.54) is 5.56 Å². The van der Waals surface area contributed by atoms with Gasteiger partial charge in [-0.15, -0.1) is 0 Å². The molecule has 0 spiro atoms. The molecule has 2 aromatic rings. The second kappa shape index (κ2) is 7.44. The minimum absolute atomic E-state index is 0.0683. The van der Waals surface area contributed by atoms with Crippen molar-refractivity contribution in [3.63, 3.8) is 0 Å². The van der Waals surface area contributed by atoms with Gasteiger partial charge in [0.15, 0.2) is 0 Å². The third kappa shape index (κ3) is 3.65. The van der Waals surface area contributed by atoms with Gasteiger partial charge in [-0.25, -0.2) is 0 Å². The smallest absolute Gasteiger partial charge is 0.135 e. The van der Waals surface area contributed by atoms with E-state index in [0.29, 0.717) is 6.61 Å². The van der Waals surface area contributed by atoms with Gasteiger partial charge in [-0.2, -0.15) is 0 Å². The summed E-state index contributed by atoms with van der Waals surface area (Å²) in [6.45, 7) is 13.7. The molecule has 1 heterocycles. The number of halogens is 1. The Bertz CT molecular complexity index is 882. The maximum atomic E-state index is 6.10. The van der Waals surface area contributed by atoms with E-state index in [9.17, 15) is 0 Å². The molecule has 28 heavy (non-hydrogen) atoms. The number of aliphatic imine (C=N–C) groups is 1. The zero-order valence-corrected chi connectivity index (χ0v) is 18.8. The van der Waals surface area contributed by atoms with E-state index in [2.05, 4.69) is 76.9 Å². The zero-order chi connectivity index (χ0) is 20.7. The van der Waals surface area contributed by atoms with Crippen molar-refractivity contribution in [1.29, 1.82) is 0 Å². The van der Waals surface area contributed by atoms with Crippen molar-refractivity contribution >= 4 is 17.4 Å². The van der Waals surface area contributed by atoms with Gasteiger partial charge in [0.2, 0.25) is 0 Å². The normalized spacial score (nSPS) is 22.4. The molecule has 0 radical (unpaired) electrons. The lowest BCUT2D eigenvalue weighted by Crippen LogP contribution is -2.39. The summed E-state index contributed by atoms with van der Waals surface area (Å²) in [5, 5.41) is 0.743. The summed E-state index contributed by atoms with van der Waals surface area (Å²) >= 11 is 6.10. The number of hydrogen-bond acceptors (Lipinski definition) is 3. The van der Waals surface area contributed by atoms with Gasteiger partial charge >= 0.3 is 0 Å². The number of likely N-dealkylation sites (N-methyl/N-ethyl adjacent to an activating group) is 1. The number of benzene rings is 2. The molecule has 0 aliphatic carbocycles. The van der Waals surface area contributed by atoms with Crippen LogP contribution in [-0.4, -0.2) is 30.4 Å². The largest absolute Gasteiger partial charge is 0.493 e. The van der Waals surface area contributed by atoms with Gasteiger partial charge in [-0.05, 0) is 61.6 Å². The van der Waals surface area contributed by atoms with Crippen molar-refractivity contribution in [2.45, 2.75) is 58.5 Å². The van der Waals surface area contributed by atoms with Gasteiger partial charge in [0.05, 0.1) is 18.2 Å². The maximum Gasteiger partial charge on any atom is 0.135 e. The van der Waals surface area contributed by atoms with Crippen LogP contribution in [0.25, 0.3) is 0 Å². The highest BCUT2D eigenvalue weighted by Crippen LogP contribution is 2.40. The highest BCUT2D eigenvalue weighted by atomic mass is 35.5. The monoisotopic (exact) mass is 398 g/mol. The van der Waals surface area contributed by atoms with Crippen LogP contribution >= 0.6 is 11.6 Å². The highest BCUT2D eigenvalue weighted by molar-refractivity contribution is 6.30. The first-order valence-electron chi connectivity index (χ1n) is 9.94. The molecule has 3 nitrogen and oxygen atoms in total. The fraction of sp³-hybridized carbons (Fsp3) is 0.458. The van der Waals surface area contributed by atoms with E-state index >= 15 is 0 Å². The summed E-state index contributed by atoms with van der Waals surface area (Å²) in [4.78, 5) is 7.46. The van der Waals surface area contributed by atoms with Crippen molar-refractivity contribution in [2.24, 2.45) is 4.99 Å². The maximum absolute atomic E-state index is 6.10. The number of nitrogens with zero attached hydrogens (tertiary/aromatic N) is 2. The predicted octanol–water partition coefficient (Wildman–Crippen LogP) is 6.03. The molecule has 1 aliphatic rings. The van der Waals surface area contributed by atoms with E-state index in [0.717, 1.165) is 27.7 Å². The molecular formula is C24H31ClN2O. The third-order valence-electron chi connectivity index (χ3n) is 5.88. The van der Waals surface area contributed by atoms with Crippen molar-refractivity contribution in [3.05, 3.63) is 64.2 Å². The van der Waals surface area contributed by atoms with Crippen LogP contribution in [0, 0.1) is 0 Å². The summed E-state index contributed by atoms with van der Waals surface area (Å²) in [6, 6.07) is 14.7. The number of ether oxygens (including phenoxy) is 1. The average molecular weight is 399 g/mol. The lowest BCUT2D eigenvalue weighted by atomic mass is 9.86. The van der Waals surface area contributed by atoms with Gasteiger partial charge in [0.25, 0.3) is 0 Å². The Labute approximate surface area is 174 Å². The lowest BCUT2D eigenvalue weighted by Gasteiger charge is -2.31. The number of rotatable bonds is 4. The molecule has 0 N–H and O–H groups in total. The van der Waals surface area contributed by atoms with Crippen LogP contribution in [0.1, 0.15) is 58.2 Å². The molecule has 1 unspecified atom stereocenters. The summed E-state index contributed by atoms with van der Waals surface area (Å²) in [5.74, 6) is 1.86. The Kier molecular flexibility index (Phi) is 5.51. The Balaban J connectivity index is 2.10. The van der Waals surface area contributed by atoms with Gasteiger partial charge in [-0.3, -0.25) is 4.99 Å². The molecule has 150 valence electrons. The average Bonchev–Trinajstić information content (AvgIpc) is 2.87. The SMILES string of the molecule is CCOc1cc(C(C)(C)C)ccc1C1=N[C@@](C)(c2ccc(Cl)cc2)C(C)N1C. The summed E-state index contributed by atoms with van der Waals surface area (Å²) in [7, 11) is 2.11. The third-order valence-corrected chi connectivity index (χ3v) is 6.14. The Morgan fingerprint density at radius 3 is 2.36 bits per heavy atom. The topological polar surface area (TPSA) is 24.8 Å². The molecule has 0 saturated carbocycles. The van der Waals surface area contributed by atoms with Crippen molar-refractivity contribution in [2.75, 3.05) is 13.7 Å². The minimum Gasteiger partial charge on any atom is -0.493 e. The van der Waals surface area contributed by atoms with Crippen LogP contribution < -0.4 is 4.74 Å². The van der Waals surface area contributed by atoms with Crippen molar-refractivity contribution in [3.8, 4) is 5.75 Å². The second-order valence-electron chi connectivity index (χ2n) is 8.77. The van der Waals surface area contributed by atoms with Crippen LogP contribution in [0.15, 0.2) is 47.5 Å². The van der Waals surface area contributed by atoms with Gasteiger partial charge in [0.1, 0.15) is 17.1 Å². The Hall–Kier alpha value is -2.00. The van der Waals surface area contributed by atoms with Gasteiger partial charge < -0.3 is 9.64 Å². The lowest BCUT2D eigenvalue weighted by molar-refractivity contribution is 0.296. The van der Waals surface area contributed by atoms with E-state index in [4.69, 9.17) is 21.3 Å². The zero-order valence-electron chi connectivity index (χ0n) is 18.0. The van der Waals surface area contributed by atoms with E-state index in [1.807, 2.05) is 19.1 Å². The summed E-state index contributed by atoms with van der Waals surface area (Å²) < 4.78 is 6.03. The molecule has 0 amide bonds. The van der Waals surface area contributed by atoms with Crippen LogP contribution in [-0.2, 0) is 11.0 Å². The second-order valence-corrected chi connectivity index (χ2v) is 9.21. The fourth-order valence-corrected chi connectivity index (χ4v) is 3.87. The molecule has 0 bridgehead atoms. The molecule has 0 saturated heterocycles. The molecule has 3 rings (SSSR count). The van der Waals surface area contributed by atoms with Gasteiger partial charge in [-0.1, -0.05) is 50.6 Å². The highest BCUT2D eigenvalue weighted by Gasteiger charge is 2.43. The first-order valence-corrected chi connectivity index (χ1v) is 10.3. The number of amidine groups is 1. The van der Waals surface area contributed by atoms with Crippen molar-refractivity contribution in [1.82, 2.24) is 4.90 Å². The standard InChI is InChI=1S/C24H31ClN2O/c1-8-28-21-15-18(23(3,4)5)11-14-20(21)22-26-24(6,16(2)27(22)7)17-9-12-19(25)13-10-17/h9-16H,8H2,1-7H3/t16?,24-/m1/s1. The van der Waals surface area contributed by atoms with E-state index in [-0.39, 0.29) is 17.0 Å².